The normalized spacial score (nSPS) is 10.4. The number of hydrogen-bond donors (Lipinski definition) is 2. The molecule has 0 atom stereocenters. The molecular formula is C14H18N4O2. The van der Waals surface area contributed by atoms with Crippen molar-refractivity contribution in [1.82, 2.24) is 15.0 Å². The molecule has 0 radical (unpaired) electrons. The molecule has 0 bridgehead atoms. The number of rotatable bonds is 7. The van der Waals surface area contributed by atoms with Crippen LogP contribution in [0.15, 0.2) is 30.5 Å². The minimum Gasteiger partial charge on any atom is -0.476 e. The number of carboxylic acids is 1. The molecule has 2 N–H and O–H groups in total. The highest BCUT2D eigenvalue weighted by molar-refractivity contribution is 5.84. The van der Waals surface area contributed by atoms with E-state index in [1.807, 2.05) is 0 Å². The van der Waals surface area contributed by atoms with E-state index < -0.39 is 5.97 Å². The molecule has 1 aromatic carbocycles. The van der Waals surface area contributed by atoms with Gasteiger partial charge in [-0.3, -0.25) is 0 Å². The quantitative estimate of drug-likeness (QED) is 0.807. The average molecular weight is 274 g/mol. The van der Waals surface area contributed by atoms with E-state index in [1.165, 1.54) is 16.4 Å². The Kier molecular flexibility index (Phi) is 4.70. The molecule has 1 heterocycles. The van der Waals surface area contributed by atoms with Crippen LogP contribution in [0.25, 0.3) is 0 Å². The Morgan fingerprint density at radius 3 is 2.70 bits per heavy atom. The third kappa shape index (κ3) is 3.81. The molecule has 0 aliphatic heterocycles. The lowest BCUT2D eigenvalue weighted by molar-refractivity contribution is 0.0690. The zero-order valence-corrected chi connectivity index (χ0v) is 11.4. The van der Waals surface area contributed by atoms with Crippen molar-refractivity contribution in [2.24, 2.45) is 0 Å². The third-order valence-corrected chi connectivity index (χ3v) is 2.92. The average Bonchev–Trinajstić information content (AvgIpc) is 2.90. The number of benzene rings is 1. The summed E-state index contributed by atoms with van der Waals surface area (Å²) in [7, 11) is 0. The minimum absolute atomic E-state index is 0.0334. The SMILES string of the molecule is CCCc1ccc(NCCn2cc(C(=O)O)nn2)cc1. The first-order valence-corrected chi connectivity index (χ1v) is 6.65. The molecule has 6 nitrogen and oxygen atoms in total. The first kappa shape index (κ1) is 14.0. The standard InChI is InChI=1S/C14H18N4O2/c1-2-3-11-4-6-12(7-5-11)15-8-9-18-10-13(14(19)20)16-17-18/h4-7,10,15H,2-3,8-9H2,1H3,(H,19,20). The molecule has 2 aromatic rings. The van der Waals surface area contributed by atoms with Gasteiger partial charge in [0.25, 0.3) is 0 Å². The summed E-state index contributed by atoms with van der Waals surface area (Å²) < 4.78 is 1.52. The molecule has 106 valence electrons. The molecule has 0 amide bonds. The van der Waals surface area contributed by atoms with Gasteiger partial charge < -0.3 is 10.4 Å². The topological polar surface area (TPSA) is 80.0 Å². The van der Waals surface area contributed by atoms with Crippen LogP contribution < -0.4 is 5.32 Å². The van der Waals surface area contributed by atoms with Crippen molar-refractivity contribution < 1.29 is 9.90 Å². The monoisotopic (exact) mass is 274 g/mol. The van der Waals surface area contributed by atoms with Crippen molar-refractivity contribution in [3.8, 4) is 0 Å². The second-order valence-corrected chi connectivity index (χ2v) is 4.55. The molecular weight excluding hydrogens is 256 g/mol. The highest BCUT2D eigenvalue weighted by Gasteiger charge is 2.07. The molecule has 6 heteroatoms. The van der Waals surface area contributed by atoms with Gasteiger partial charge in [0, 0.05) is 12.2 Å². The minimum atomic E-state index is -1.06. The number of aromatic nitrogens is 3. The summed E-state index contributed by atoms with van der Waals surface area (Å²) in [6.45, 7) is 3.39. The van der Waals surface area contributed by atoms with E-state index in [1.54, 1.807) is 0 Å². The van der Waals surface area contributed by atoms with E-state index in [9.17, 15) is 4.79 Å². The highest BCUT2D eigenvalue weighted by atomic mass is 16.4. The maximum Gasteiger partial charge on any atom is 0.358 e. The molecule has 0 saturated heterocycles. The summed E-state index contributed by atoms with van der Waals surface area (Å²) in [5.41, 5.74) is 2.35. The summed E-state index contributed by atoms with van der Waals surface area (Å²) in [4.78, 5) is 10.7. The lowest BCUT2D eigenvalue weighted by atomic mass is 10.1. The van der Waals surface area contributed by atoms with Crippen molar-refractivity contribution in [1.29, 1.82) is 0 Å². The first-order chi connectivity index (χ1) is 9.69. The van der Waals surface area contributed by atoms with E-state index in [4.69, 9.17) is 5.11 Å². The number of aryl methyl sites for hydroxylation is 1. The number of anilines is 1. The van der Waals surface area contributed by atoms with E-state index in [0.29, 0.717) is 13.1 Å². The van der Waals surface area contributed by atoms with Crippen molar-refractivity contribution in [2.75, 3.05) is 11.9 Å². The molecule has 0 saturated carbocycles. The van der Waals surface area contributed by atoms with Gasteiger partial charge in [-0.25, -0.2) is 9.48 Å². The summed E-state index contributed by atoms with van der Waals surface area (Å²) >= 11 is 0. The van der Waals surface area contributed by atoms with Crippen molar-refractivity contribution >= 4 is 11.7 Å². The number of nitrogens with one attached hydrogen (secondary N) is 1. The summed E-state index contributed by atoms with van der Waals surface area (Å²) in [5, 5.41) is 19.3. The number of nitrogens with zero attached hydrogens (tertiary/aromatic N) is 3. The highest BCUT2D eigenvalue weighted by Crippen LogP contribution is 2.10. The third-order valence-electron chi connectivity index (χ3n) is 2.92. The Labute approximate surface area is 117 Å². The zero-order valence-electron chi connectivity index (χ0n) is 11.4. The van der Waals surface area contributed by atoms with Gasteiger partial charge in [-0.1, -0.05) is 30.7 Å². The van der Waals surface area contributed by atoms with Crippen LogP contribution in [0.1, 0.15) is 29.4 Å². The van der Waals surface area contributed by atoms with Crippen molar-refractivity contribution in [3.63, 3.8) is 0 Å². The van der Waals surface area contributed by atoms with Crippen LogP contribution in [-0.2, 0) is 13.0 Å². The number of hydrogen-bond acceptors (Lipinski definition) is 4. The molecule has 0 aliphatic carbocycles. The van der Waals surface area contributed by atoms with Gasteiger partial charge in [0.05, 0.1) is 12.7 Å². The number of carbonyl (C=O) groups is 1. The molecule has 0 aliphatic rings. The van der Waals surface area contributed by atoms with Crippen molar-refractivity contribution in [2.45, 2.75) is 26.3 Å². The van der Waals surface area contributed by atoms with Gasteiger partial charge in [-0.05, 0) is 24.1 Å². The number of carboxylic acid groups (broad SMARTS) is 1. The zero-order chi connectivity index (χ0) is 14.4. The number of aromatic carboxylic acids is 1. The molecule has 2 rings (SSSR count). The largest absolute Gasteiger partial charge is 0.476 e. The lowest BCUT2D eigenvalue weighted by Crippen LogP contribution is -2.11. The van der Waals surface area contributed by atoms with E-state index in [-0.39, 0.29) is 5.69 Å². The van der Waals surface area contributed by atoms with Crippen LogP contribution in [0, 0.1) is 0 Å². The van der Waals surface area contributed by atoms with Crippen LogP contribution >= 0.6 is 0 Å². The fraction of sp³-hybridized carbons (Fsp3) is 0.357. The Morgan fingerprint density at radius 1 is 1.35 bits per heavy atom. The second-order valence-electron chi connectivity index (χ2n) is 4.55. The first-order valence-electron chi connectivity index (χ1n) is 6.65. The predicted molar refractivity (Wildman–Crippen MR) is 75.9 cm³/mol. The van der Waals surface area contributed by atoms with Crippen molar-refractivity contribution in [3.05, 3.63) is 41.7 Å². The Morgan fingerprint density at radius 2 is 2.10 bits per heavy atom. The molecule has 0 spiro atoms. The maximum atomic E-state index is 10.7. The van der Waals surface area contributed by atoms with Gasteiger partial charge in [-0.15, -0.1) is 5.10 Å². The summed E-state index contributed by atoms with van der Waals surface area (Å²) in [5.74, 6) is -1.06. The fourth-order valence-electron chi connectivity index (χ4n) is 1.90. The van der Waals surface area contributed by atoms with Crippen LogP contribution in [0.5, 0.6) is 0 Å². The predicted octanol–water partition coefficient (Wildman–Crippen LogP) is 2.04. The summed E-state index contributed by atoms with van der Waals surface area (Å²) in [6.07, 6.45) is 3.66. The van der Waals surface area contributed by atoms with Gasteiger partial charge >= 0.3 is 5.97 Å². The smallest absolute Gasteiger partial charge is 0.358 e. The fourth-order valence-corrected chi connectivity index (χ4v) is 1.90. The second kappa shape index (κ2) is 6.70. The van der Waals surface area contributed by atoms with Crippen LogP contribution in [-0.4, -0.2) is 32.6 Å². The van der Waals surface area contributed by atoms with Gasteiger partial charge in [0.2, 0.25) is 0 Å². The lowest BCUT2D eigenvalue weighted by Gasteiger charge is -2.07. The molecule has 20 heavy (non-hydrogen) atoms. The van der Waals surface area contributed by atoms with Crippen LogP contribution in [0.4, 0.5) is 5.69 Å². The van der Waals surface area contributed by atoms with E-state index in [0.717, 1.165) is 18.5 Å². The Hall–Kier alpha value is -2.37. The van der Waals surface area contributed by atoms with E-state index >= 15 is 0 Å². The Balaban J connectivity index is 1.81. The molecule has 0 fully saturated rings. The van der Waals surface area contributed by atoms with Crippen LogP contribution in [0.3, 0.4) is 0 Å². The summed E-state index contributed by atoms with van der Waals surface area (Å²) in [6, 6.07) is 8.33. The molecule has 1 aromatic heterocycles. The Bertz CT molecular complexity index is 563. The van der Waals surface area contributed by atoms with Gasteiger partial charge in [0.1, 0.15) is 0 Å². The van der Waals surface area contributed by atoms with Crippen LogP contribution in [0.2, 0.25) is 0 Å². The van der Waals surface area contributed by atoms with Gasteiger partial charge in [-0.2, -0.15) is 0 Å². The molecule has 0 unspecified atom stereocenters. The maximum absolute atomic E-state index is 10.7. The van der Waals surface area contributed by atoms with E-state index in [2.05, 4.69) is 46.8 Å². The van der Waals surface area contributed by atoms with Gasteiger partial charge in [0.15, 0.2) is 5.69 Å².